The molecular weight excluding hydrogens is 251 g/mol. The smallest absolute Gasteiger partial charge is 0.340 e. The van der Waals surface area contributed by atoms with Crippen LogP contribution < -0.4 is 10.6 Å². The molecule has 1 fully saturated rings. The summed E-state index contributed by atoms with van der Waals surface area (Å²) in [5.41, 5.74) is 5.47. The van der Waals surface area contributed by atoms with Crippen molar-refractivity contribution >= 4 is 17.3 Å². The molecule has 0 unspecified atom stereocenters. The monoisotopic (exact) mass is 268 g/mol. The molecule has 2 rings (SSSR count). The van der Waals surface area contributed by atoms with Crippen molar-refractivity contribution in [3.63, 3.8) is 0 Å². The molecule has 0 amide bonds. The molecule has 0 atom stereocenters. The number of hydrogen-bond donors (Lipinski definition) is 3. The summed E-state index contributed by atoms with van der Waals surface area (Å²) >= 11 is 0. The first-order chi connectivity index (χ1) is 9.04. The number of benzene rings is 1. The van der Waals surface area contributed by atoms with Crippen LogP contribution in [0.15, 0.2) is 12.1 Å². The largest absolute Gasteiger partial charge is 0.478 e. The number of nitrogen functional groups attached to an aromatic ring is 1. The molecule has 104 valence electrons. The fourth-order valence-electron chi connectivity index (χ4n) is 2.43. The van der Waals surface area contributed by atoms with Crippen LogP contribution in [0.4, 0.5) is 15.8 Å². The van der Waals surface area contributed by atoms with Crippen molar-refractivity contribution in [3.8, 4) is 0 Å². The Morgan fingerprint density at radius 3 is 2.58 bits per heavy atom. The number of hydrogen-bond acceptors (Lipinski definition) is 4. The maximum Gasteiger partial charge on any atom is 0.340 e. The summed E-state index contributed by atoms with van der Waals surface area (Å²) in [6.07, 6.45) is 1.57. The predicted octanol–water partition coefficient (Wildman–Crippen LogP) is 1.31. The first-order valence-electron chi connectivity index (χ1n) is 6.21. The zero-order valence-electron chi connectivity index (χ0n) is 10.5. The molecule has 6 heteroatoms. The van der Waals surface area contributed by atoms with Gasteiger partial charge in [-0.25, -0.2) is 9.18 Å². The van der Waals surface area contributed by atoms with Crippen LogP contribution in [-0.4, -0.2) is 35.9 Å². The maximum absolute atomic E-state index is 13.4. The minimum atomic E-state index is -1.23. The molecule has 0 aliphatic carbocycles. The Labute approximate surface area is 110 Å². The number of aliphatic hydroxyl groups is 1. The number of anilines is 2. The van der Waals surface area contributed by atoms with Crippen molar-refractivity contribution in [1.29, 1.82) is 0 Å². The van der Waals surface area contributed by atoms with Gasteiger partial charge >= 0.3 is 5.97 Å². The Kier molecular flexibility index (Phi) is 3.90. The third-order valence-corrected chi connectivity index (χ3v) is 3.60. The molecule has 1 aromatic rings. The van der Waals surface area contributed by atoms with Gasteiger partial charge in [0, 0.05) is 19.7 Å². The van der Waals surface area contributed by atoms with Crippen molar-refractivity contribution in [2.45, 2.75) is 12.8 Å². The van der Waals surface area contributed by atoms with Crippen LogP contribution in [0.25, 0.3) is 0 Å². The molecule has 0 radical (unpaired) electrons. The SMILES string of the molecule is Nc1c(F)ccc(N2CCC(CO)CC2)c1C(=O)O. The topological polar surface area (TPSA) is 86.8 Å². The highest BCUT2D eigenvalue weighted by Gasteiger charge is 2.25. The number of carboxylic acids is 1. The number of carboxylic acid groups (broad SMARTS) is 1. The van der Waals surface area contributed by atoms with E-state index in [4.69, 9.17) is 10.8 Å². The molecule has 5 nitrogen and oxygen atoms in total. The van der Waals surface area contributed by atoms with Gasteiger partial charge in [-0.1, -0.05) is 0 Å². The van der Waals surface area contributed by atoms with E-state index < -0.39 is 11.8 Å². The number of carbonyl (C=O) groups is 1. The van der Waals surface area contributed by atoms with E-state index in [0.717, 1.165) is 12.8 Å². The van der Waals surface area contributed by atoms with Gasteiger partial charge in [0.15, 0.2) is 0 Å². The van der Waals surface area contributed by atoms with Crippen LogP contribution >= 0.6 is 0 Å². The number of nitrogens with zero attached hydrogens (tertiary/aromatic N) is 1. The molecule has 0 aromatic heterocycles. The van der Waals surface area contributed by atoms with Gasteiger partial charge in [0.2, 0.25) is 0 Å². The standard InChI is InChI=1S/C13H17FN2O3/c14-9-1-2-10(11(12(9)15)13(18)19)16-5-3-8(7-17)4-6-16/h1-2,8,17H,3-7,15H2,(H,18,19). The highest BCUT2D eigenvalue weighted by atomic mass is 19.1. The second kappa shape index (κ2) is 5.44. The number of nitrogens with two attached hydrogens (primary N) is 1. The number of aliphatic hydroxyl groups excluding tert-OH is 1. The normalized spacial score (nSPS) is 16.6. The summed E-state index contributed by atoms with van der Waals surface area (Å²) in [6, 6.07) is 2.64. The van der Waals surface area contributed by atoms with E-state index in [9.17, 15) is 14.3 Å². The summed E-state index contributed by atoms with van der Waals surface area (Å²) in [5, 5.41) is 18.3. The van der Waals surface area contributed by atoms with Gasteiger partial charge in [-0.05, 0) is 30.9 Å². The van der Waals surface area contributed by atoms with Crippen molar-refractivity contribution in [3.05, 3.63) is 23.5 Å². The Balaban J connectivity index is 2.30. The summed E-state index contributed by atoms with van der Waals surface area (Å²) in [6.45, 7) is 1.42. The zero-order chi connectivity index (χ0) is 14.0. The van der Waals surface area contributed by atoms with Crippen LogP contribution in [0.5, 0.6) is 0 Å². The molecule has 0 bridgehead atoms. The molecule has 1 aliphatic rings. The number of piperidine rings is 1. The number of rotatable bonds is 3. The average molecular weight is 268 g/mol. The molecule has 0 spiro atoms. The highest BCUT2D eigenvalue weighted by Crippen LogP contribution is 2.31. The molecule has 19 heavy (non-hydrogen) atoms. The first kappa shape index (κ1) is 13.6. The lowest BCUT2D eigenvalue weighted by Crippen LogP contribution is -2.35. The quantitative estimate of drug-likeness (QED) is 0.720. The zero-order valence-corrected chi connectivity index (χ0v) is 10.5. The summed E-state index contributed by atoms with van der Waals surface area (Å²) in [4.78, 5) is 13.1. The Bertz CT molecular complexity index is 485. The van der Waals surface area contributed by atoms with Crippen LogP contribution in [0.2, 0.25) is 0 Å². The van der Waals surface area contributed by atoms with Crippen molar-refractivity contribution in [1.82, 2.24) is 0 Å². The van der Waals surface area contributed by atoms with Crippen molar-refractivity contribution in [2.24, 2.45) is 5.92 Å². The molecule has 1 aromatic carbocycles. The second-order valence-corrected chi connectivity index (χ2v) is 4.77. The molecular formula is C13H17FN2O3. The molecule has 1 heterocycles. The lowest BCUT2D eigenvalue weighted by molar-refractivity contribution is 0.0698. The van der Waals surface area contributed by atoms with Crippen LogP contribution in [0.1, 0.15) is 23.2 Å². The van der Waals surface area contributed by atoms with Gasteiger partial charge in [-0.2, -0.15) is 0 Å². The van der Waals surface area contributed by atoms with E-state index >= 15 is 0 Å². The third kappa shape index (κ3) is 2.63. The van der Waals surface area contributed by atoms with Crippen LogP contribution in [0, 0.1) is 11.7 Å². The fraction of sp³-hybridized carbons (Fsp3) is 0.462. The maximum atomic E-state index is 13.4. The Morgan fingerprint density at radius 2 is 2.05 bits per heavy atom. The minimum absolute atomic E-state index is 0.144. The number of halogens is 1. The lowest BCUT2D eigenvalue weighted by Gasteiger charge is -2.33. The summed E-state index contributed by atoms with van der Waals surface area (Å²) < 4.78 is 13.4. The summed E-state index contributed by atoms with van der Waals surface area (Å²) in [5.74, 6) is -1.69. The Hall–Kier alpha value is -1.82. The van der Waals surface area contributed by atoms with E-state index in [2.05, 4.69) is 0 Å². The predicted molar refractivity (Wildman–Crippen MR) is 69.8 cm³/mol. The van der Waals surface area contributed by atoms with E-state index in [1.807, 2.05) is 4.90 Å². The van der Waals surface area contributed by atoms with Gasteiger partial charge < -0.3 is 20.8 Å². The first-order valence-corrected chi connectivity index (χ1v) is 6.21. The fourth-order valence-corrected chi connectivity index (χ4v) is 2.43. The van der Waals surface area contributed by atoms with Crippen molar-refractivity contribution < 1.29 is 19.4 Å². The van der Waals surface area contributed by atoms with Gasteiger partial charge in [0.1, 0.15) is 11.4 Å². The molecule has 1 aliphatic heterocycles. The number of aromatic carboxylic acids is 1. The molecule has 4 N–H and O–H groups in total. The van der Waals surface area contributed by atoms with E-state index in [-0.39, 0.29) is 23.8 Å². The van der Waals surface area contributed by atoms with E-state index in [1.54, 1.807) is 0 Å². The average Bonchev–Trinajstić information content (AvgIpc) is 2.41. The minimum Gasteiger partial charge on any atom is -0.478 e. The van der Waals surface area contributed by atoms with Gasteiger partial charge in [-0.3, -0.25) is 0 Å². The second-order valence-electron chi connectivity index (χ2n) is 4.77. The van der Waals surface area contributed by atoms with Crippen molar-refractivity contribution in [2.75, 3.05) is 30.3 Å². The third-order valence-electron chi connectivity index (χ3n) is 3.60. The lowest BCUT2D eigenvalue weighted by atomic mass is 9.96. The van der Waals surface area contributed by atoms with Crippen LogP contribution in [0.3, 0.4) is 0 Å². The van der Waals surface area contributed by atoms with E-state index in [1.165, 1.54) is 12.1 Å². The summed E-state index contributed by atoms with van der Waals surface area (Å²) in [7, 11) is 0. The van der Waals surface area contributed by atoms with Crippen LogP contribution in [-0.2, 0) is 0 Å². The van der Waals surface area contributed by atoms with Gasteiger partial charge in [-0.15, -0.1) is 0 Å². The van der Waals surface area contributed by atoms with Gasteiger partial charge in [0.25, 0.3) is 0 Å². The molecule has 1 saturated heterocycles. The van der Waals surface area contributed by atoms with Gasteiger partial charge in [0.05, 0.1) is 11.4 Å². The Morgan fingerprint density at radius 1 is 1.42 bits per heavy atom. The highest BCUT2D eigenvalue weighted by molar-refractivity contribution is 6.00. The van der Waals surface area contributed by atoms with E-state index in [0.29, 0.717) is 18.8 Å². The molecule has 0 saturated carbocycles.